The summed E-state index contributed by atoms with van der Waals surface area (Å²) in [7, 11) is 0. The normalized spacial score (nSPS) is 22.3. The Hall–Kier alpha value is -3.42. The van der Waals surface area contributed by atoms with Gasteiger partial charge in [-0.1, -0.05) is 74.2 Å². The average molecular weight is 646 g/mol. The minimum atomic E-state index is -4.66. The molecule has 3 aliphatic rings. The summed E-state index contributed by atoms with van der Waals surface area (Å²) in [5.74, 6) is -3.22. The van der Waals surface area contributed by atoms with Crippen LogP contribution in [0.5, 0.6) is 0 Å². The van der Waals surface area contributed by atoms with Gasteiger partial charge in [0.1, 0.15) is 11.8 Å². The number of hydrogen-bond donors (Lipinski definition) is 0. The van der Waals surface area contributed by atoms with Gasteiger partial charge < -0.3 is 9.64 Å². The van der Waals surface area contributed by atoms with E-state index >= 15 is 0 Å². The first kappa shape index (κ1) is 30.6. The van der Waals surface area contributed by atoms with Gasteiger partial charge >= 0.3 is 11.0 Å². The monoisotopic (exact) mass is 645 g/mol. The molecule has 2 aromatic carbocycles. The van der Waals surface area contributed by atoms with Gasteiger partial charge in [-0.15, -0.1) is 0 Å². The summed E-state index contributed by atoms with van der Waals surface area (Å²) in [5.41, 5.74) is 0.470. The number of anilines is 1. The van der Waals surface area contributed by atoms with Crippen molar-refractivity contribution in [3.8, 4) is 0 Å². The van der Waals surface area contributed by atoms with Gasteiger partial charge in [0.15, 0.2) is 0 Å². The Bertz CT molecular complexity index is 1690. The van der Waals surface area contributed by atoms with Crippen molar-refractivity contribution in [3.05, 3.63) is 79.8 Å². The average Bonchev–Trinajstić information content (AvgIpc) is 3.43. The molecule has 3 atom stereocenters. The van der Waals surface area contributed by atoms with E-state index in [1.54, 1.807) is 4.90 Å². The third-order valence-electron chi connectivity index (χ3n) is 8.27. The van der Waals surface area contributed by atoms with Crippen LogP contribution in [0, 0.1) is 5.92 Å². The van der Waals surface area contributed by atoms with E-state index in [2.05, 4.69) is 20.8 Å². The molecule has 232 valence electrons. The number of alkyl halides is 3. The number of halogens is 3. The Morgan fingerprint density at radius 1 is 0.955 bits per heavy atom. The number of benzene rings is 2. The Balaban J connectivity index is 1.44. The number of thioether (sulfide) groups is 1. The van der Waals surface area contributed by atoms with Crippen LogP contribution in [0.1, 0.15) is 48.3 Å². The lowest BCUT2D eigenvalue weighted by molar-refractivity contribution is -0.138. The van der Waals surface area contributed by atoms with Crippen LogP contribution >= 0.6 is 23.1 Å². The molecule has 0 N–H and O–H groups in total. The van der Waals surface area contributed by atoms with Gasteiger partial charge in [-0.25, -0.2) is 4.90 Å². The van der Waals surface area contributed by atoms with Gasteiger partial charge in [0.2, 0.25) is 17.7 Å². The van der Waals surface area contributed by atoms with Crippen LogP contribution in [0.4, 0.5) is 18.9 Å². The molecule has 13 heteroatoms. The van der Waals surface area contributed by atoms with Gasteiger partial charge in [0, 0.05) is 23.9 Å². The van der Waals surface area contributed by atoms with Gasteiger partial charge in [0.25, 0.3) is 0 Å². The molecule has 0 radical (unpaired) electrons. The minimum Gasteiger partial charge on any atom is -0.378 e. The summed E-state index contributed by atoms with van der Waals surface area (Å²) in [6.07, 6.45) is -4.66. The van der Waals surface area contributed by atoms with Crippen LogP contribution < -0.4 is 9.77 Å². The number of imide groups is 1. The van der Waals surface area contributed by atoms with Crippen LogP contribution in [0.25, 0.3) is 0 Å². The van der Waals surface area contributed by atoms with Crippen molar-refractivity contribution in [2.45, 2.75) is 55.1 Å². The van der Waals surface area contributed by atoms with Crippen molar-refractivity contribution in [2.75, 3.05) is 31.2 Å². The zero-order valence-corrected chi connectivity index (χ0v) is 25.9. The molecule has 0 unspecified atom stereocenters. The maximum Gasteiger partial charge on any atom is 0.416 e. The van der Waals surface area contributed by atoms with E-state index in [0.29, 0.717) is 41.8 Å². The number of morpholine rings is 1. The highest BCUT2D eigenvalue weighted by atomic mass is 32.2. The van der Waals surface area contributed by atoms with Gasteiger partial charge in [-0.05, 0) is 34.7 Å². The topological polar surface area (TPSA) is 88.9 Å². The molecule has 44 heavy (non-hydrogen) atoms. The lowest BCUT2D eigenvalue weighted by atomic mass is 9.81. The molecule has 6 rings (SSSR count). The summed E-state index contributed by atoms with van der Waals surface area (Å²) in [6, 6.07) is 11.8. The van der Waals surface area contributed by atoms with E-state index in [1.165, 1.54) is 16.7 Å². The highest BCUT2D eigenvalue weighted by Crippen LogP contribution is 2.54. The first-order valence-corrected chi connectivity index (χ1v) is 15.9. The van der Waals surface area contributed by atoms with Crippen molar-refractivity contribution in [2.24, 2.45) is 5.92 Å². The zero-order valence-electron chi connectivity index (χ0n) is 24.2. The molecule has 0 bridgehead atoms. The quantitative estimate of drug-likeness (QED) is 0.376. The largest absolute Gasteiger partial charge is 0.416 e. The number of nitrogens with zero attached hydrogens (tertiary/aromatic N) is 3. The van der Waals surface area contributed by atoms with Gasteiger partial charge in [-0.3, -0.25) is 23.7 Å². The number of hydrogen-bond acceptors (Lipinski definition) is 7. The predicted molar refractivity (Wildman–Crippen MR) is 160 cm³/mol. The summed E-state index contributed by atoms with van der Waals surface area (Å²) < 4.78 is 47.3. The van der Waals surface area contributed by atoms with E-state index in [-0.39, 0.29) is 28.4 Å². The number of carbonyl (C=O) groups is 3. The number of aromatic nitrogens is 1. The molecule has 3 amide bonds. The molecule has 1 aromatic heterocycles. The molecule has 0 spiro atoms. The molecule has 8 nitrogen and oxygen atoms in total. The van der Waals surface area contributed by atoms with Crippen LogP contribution in [0.15, 0.2) is 58.4 Å². The first-order chi connectivity index (χ1) is 20.8. The fourth-order valence-corrected chi connectivity index (χ4v) is 8.70. The smallest absolute Gasteiger partial charge is 0.378 e. The minimum absolute atomic E-state index is 0.151. The Morgan fingerprint density at radius 3 is 2.27 bits per heavy atom. The fraction of sp³-hybridized carbons (Fsp3) is 0.419. The van der Waals surface area contributed by atoms with Gasteiger partial charge in [-0.2, -0.15) is 13.2 Å². The second-order valence-corrected chi connectivity index (χ2v) is 14.2. The molecular formula is C31H30F3N3O5S2. The first-order valence-electron chi connectivity index (χ1n) is 14.2. The van der Waals surface area contributed by atoms with Crippen LogP contribution in [0.3, 0.4) is 0 Å². The SMILES string of the molecule is CC(C)(C)c1ccc([C@@H]2c3sc(=O)n(CC(=O)N4CCOCC4)c3S[C@H]3C(=O)N(c4cccc(C(F)(F)F)c4)C(=O)[C@@H]23)cc1. The second kappa shape index (κ2) is 11.2. The third-order valence-corrected chi connectivity index (χ3v) is 10.9. The van der Waals surface area contributed by atoms with E-state index in [0.717, 1.165) is 45.7 Å². The Morgan fingerprint density at radius 2 is 1.64 bits per heavy atom. The van der Waals surface area contributed by atoms with Crippen molar-refractivity contribution < 1.29 is 32.3 Å². The van der Waals surface area contributed by atoms with E-state index in [1.807, 2.05) is 24.3 Å². The highest BCUT2D eigenvalue weighted by Gasteiger charge is 2.57. The van der Waals surface area contributed by atoms with Crippen molar-refractivity contribution in [3.63, 3.8) is 0 Å². The molecule has 0 aliphatic carbocycles. The number of fused-ring (bicyclic) bond motifs is 2. The maximum absolute atomic E-state index is 14.1. The summed E-state index contributed by atoms with van der Waals surface area (Å²) >= 11 is 1.97. The van der Waals surface area contributed by atoms with Crippen LogP contribution in [0.2, 0.25) is 0 Å². The standard InChI is InChI=1S/C31H30F3N3O5S2/c1-30(2,3)18-9-7-17(8-10-18)22-23-24(27(40)37(26(23)39)20-6-4-5-19(15-20)31(32,33)34)43-28-25(22)44-29(41)36(28)16-21(38)35-11-13-42-14-12-35/h4-10,15,22-24H,11-14,16H2,1-3H3/t22-,23-,24+/m0/s1. The predicted octanol–water partition coefficient (Wildman–Crippen LogP) is 4.88. The van der Waals surface area contributed by atoms with Gasteiger partial charge in [0.05, 0.1) is 35.4 Å². The number of thiazole rings is 1. The highest BCUT2D eigenvalue weighted by molar-refractivity contribution is 8.00. The number of rotatable bonds is 4. The van der Waals surface area contributed by atoms with Crippen LogP contribution in [-0.4, -0.2) is 58.7 Å². The molecule has 3 aliphatic heterocycles. The lowest BCUT2D eigenvalue weighted by Gasteiger charge is -2.31. The Labute approximate surface area is 259 Å². The molecule has 2 fully saturated rings. The number of ether oxygens (including phenoxy) is 1. The fourth-order valence-electron chi connectivity index (χ4n) is 5.93. The Kier molecular flexibility index (Phi) is 7.78. The lowest BCUT2D eigenvalue weighted by Crippen LogP contribution is -2.43. The van der Waals surface area contributed by atoms with E-state index in [9.17, 15) is 32.3 Å². The maximum atomic E-state index is 14.1. The third kappa shape index (κ3) is 5.39. The molecule has 3 aromatic rings. The number of carbonyl (C=O) groups excluding carboxylic acids is 3. The van der Waals surface area contributed by atoms with Crippen molar-refractivity contribution in [1.82, 2.24) is 9.47 Å². The number of amides is 3. The molecule has 4 heterocycles. The summed E-state index contributed by atoms with van der Waals surface area (Å²) in [6.45, 7) is 7.57. The van der Waals surface area contributed by atoms with E-state index in [4.69, 9.17) is 4.74 Å². The molecular weight excluding hydrogens is 615 g/mol. The van der Waals surface area contributed by atoms with Crippen LogP contribution in [-0.2, 0) is 37.3 Å². The molecule has 2 saturated heterocycles. The summed E-state index contributed by atoms with van der Waals surface area (Å²) in [5, 5.41) is -0.574. The zero-order chi connectivity index (χ0) is 31.6. The summed E-state index contributed by atoms with van der Waals surface area (Å²) in [4.78, 5) is 57.1. The second-order valence-electron chi connectivity index (χ2n) is 12.1. The van der Waals surface area contributed by atoms with E-state index < -0.39 is 40.6 Å². The van der Waals surface area contributed by atoms with Crippen molar-refractivity contribution in [1.29, 1.82) is 0 Å². The van der Waals surface area contributed by atoms with Crippen molar-refractivity contribution >= 4 is 46.5 Å². The molecule has 0 saturated carbocycles.